The summed E-state index contributed by atoms with van der Waals surface area (Å²) in [6.07, 6.45) is 4.59. The van der Waals surface area contributed by atoms with Gasteiger partial charge >= 0.3 is 0 Å². The summed E-state index contributed by atoms with van der Waals surface area (Å²) in [5, 5.41) is 7.33. The molecule has 1 saturated heterocycles. The fourth-order valence-electron chi connectivity index (χ4n) is 2.41. The maximum atomic E-state index is 4.56. The third-order valence-corrected chi connectivity index (χ3v) is 5.62. The summed E-state index contributed by atoms with van der Waals surface area (Å²) in [5.74, 6) is 0.882. The highest BCUT2D eigenvalue weighted by atomic mass is 32.1. The third kappa shape index (κ3) is 3.19. The first kappa shape index (κ1) is 14.0. The predicted molar refractivity (Wildman–Crippen MR) is 86.4 cm³/mol. The number of aromatic nitrogens is 2. The van der Waals surface area contributed by atoms with Crippen molar-refractivity contribution in [2.45, 2.75) is 26.3 Å². The van der Waals surface area contributed by atoms with Gasteiger partial charge in [-0.3, -0.25) is 4.90 Å². The Labute approximate surface area is 127 Å². The van der Waals surface area contributed by atoms with Crippen molar-refractivity contribution >= 4 is 27.8 Å². The maximum Gasteiger partial charge on any atom is 0.182 e. The lowest BCUT2D eigenvalue weighted by atomic mass is 9.99. The number of hydrogen-bond donors (Lipinski definition) is 1. The van der Waals surface area contributed by atoms with Gasteiger partial charge in [-0.05, 0) is 31.8 Å². The summed E-state index contributed by atoms with van der Waals surface area (Å²) < 4.78 is 0. The molecule has 1 fully saturated rings. The van der Waals surface area contributed by atoms with Crippen molar-refractivity contribution in [1.82, 2.24) is 14.9 Å². The normalized spacial score (nSPS) is 17.5. The van der Waals surface area contributed by atoms with Crippen molar-refractivity contribution in [3.63, 3.8) is 0 Å². The Hall–Kier alpha value is -0.980. The highest BCUT2D eigenvalue weighted by Crippen LogP contribution is 2.30. The zero-order chi connectivity index (χ0) is 13.9. The lowest BCUT2D eigenvalue weighted by Gasteiger charge is -2.29. The van der Waals surface area contributed by atoms with Crippen LogP contribution < -0.4 is 5.32 Å². The second-order valence-corrected chi connectivity index (χ2v) is 7.34. The number of thiazole rings is 2. The molecule has 20 heavy (non-hydrogen) atoms. The van der Waals surface area contributed by atoms with Gasteiger partial charge in [0.1, 0.15) is 5.01 Å². The summed E-state index contributed by atoms with van der Waals surface area (Å²) in [6.45, 7) is 5.74. The highest BCUT2D eigenvalue weighted by Gasteiger charge is 2.17. The van der Waals surface area contributed by atoms with Gasteiger partial charge < -0.3 is 5.32 Å². The molecule has 4 nitrogen and oxygen atoms in total. The maximum absolute atomic E-state index is 4.56. The number of piperidine rings is 1. The second-order valence-electron chi connectivity index (χ2n) is 5.36. The second kappa shape index (κ2) is 6.20. The van der Waals surface area contributed by atoms with Gasteiger partial charge in [-0.15, -0.1) is 22.7 Å². The lowest BCUT2D eigenvalue weighted by molar-refractivity contribution is 0.185. The topological polar surface area (TPSA) is 41.1 Å². The van der Waals surface area contributed by atoms with Crippen molar-refractivity contribution in [2.75, 3.05) is 25.5 Å². The Kier molecular flexibility index (Phi) is 4.33. The highest BCUT2D eigenvalue weighted by molar-refractivity contribution is 7.16. The SMILES string of the molecule is CNc1nc(-c2cnc(CN3CCC(C)CC3)s2)cs1. The Morgan fingerprint density at radius 2 is 2.20 bits per heavy atom. The summed E-state index contributed by atoms with van der Waals surface area (Å²) in [5.41, 5.74) is 1.04. The molecular weight excluding hydrogens is 288 g/mol. The Balaban J connectivity index is 1.64. The fraction of sp³-hybridized carbons (Fsp3) is 0.571. The molecule has 6 heteroatoms. The molecule has 1 aliphatic rings. The van der Waals surface area contributed by atoms with Crippen molar-refractivity contribution in [3.8, 4) is 10.6 Å². The molecule has 0 spiro atoms. The van der Waals surface area contributed by atoms with Crippen molar-refractivity contribution < 1.29 is 0 Å². The predicted octanol–water partition coefficient (Wildman–Crippen LogP) is 3.54. The Bertz CT molecular complexity index is 555. The summed E-state index contributed by atoms with van der Waals surface area (Å²) >= 11 is 3.40. The molecule has 1 aliphatic heterocycles. The van der Waals surface area contributed by atoms with E-state index in [2.05, 4.69) is 32.5 Å². The van der Waals surface area contributed by atoms with E-state index in [1.807, 2.05) is 13.2 Å². The van der Waals surface area contributed by atoms with Crippen molar-refractivity contribution in [1.29, 1.82) is 0 Å². The van der Waals surface area contributed by atoms with Crippen LogP contribution in [0.4, 0.5) is 5.13 Å². The monoisotopic (exact) mass is 308 g/mol. The lowest BCUT2D eigenvalue weighted by Crippen LogP contribution is -2.32. The average Bonchev–Trinajstić information content (AvgIpc) is 3.10. The molecule has 2 aromatic heterocycles. The van der Waals surface area contributed by atoms with Gasteiger partial charge in [0.25, 0.3) is 0 Å². The van der Waals surface area contributed by atoms with Crippen LogP contribution in [0.25, 0.3) is 10.6 Å². The first-order valence-corrected chi connectivity index (χ1v) is 8.75. The molecule has 0 atom stereocenters. The Morgan fingerprint density at radius 1 is 1.40 bits per heavy atom. The molecule has 1 N–H and O–H groups in total. The first-order chi connectivity index (χ1) is 9.74. The number of rotatable bonds is 4. The van der Waals surface area contributed by atoms with Crippen LogP contribution in [0, 0.1) is 5.92 Å². The van der Waals surface area contributed by atoms with E-state index >= 15 is 0 Å². The van der Waals surface area contributed by atoms with Crippen LogP contribution in [0.3, 0.4) is 0 Å². The van der Waals surface area contributed by atoms with E-state index in [1.165, 1.54) is 35.8 Å². The van der Waals surface area contributed by atoms with Crippen LogP contribution in [0.15, 0.2) is 11.6 Å². The van der Waals surface area contributed by atoms with Crippen LogP contribution in [-0.2, 0) is 6.54 Å². The molecule has 0 aromatic carbocycles. The number of hydrogen-bond acceptors (Lipinski definition) is 6. The van der Waals surface area contributed by atoms with E-state index in [-0.39, 0.29) is 0 Å². The zero-order valence-corrected chi connectivity index (χ0v) is 13.6. The third-order valence-electron chi connectivity index (χ3n) is 3.76. The molecule has 2 aromatic rings. The summed E-state index contributed by atoms with van der Waals surface area (Å²) in [6, 6.07) is 0. The van der Waals surface area contributed by atoms with Gasteiger partial charge in [0.2, 0.25) is 0 Å². The standard InChI is InChI=1S/C14H20N4S2/c1-10-3-5-18(6-4-10)8-13-16-7-12(20-13)11-9-19-14(15-2)17-11/h7,9-10H,3-6,8H2,1-2H3,(H,15,17). The number of nitrogens with zero attached hydrogens (tertiary/aromatic N) is 3. The zero-order valence-electron chi connectivity index (χ0n) is 11.9. The minimum atomic E-state index is 0.882. The van der Waals surface area contributed by atoms with Gasteiger partial charge in [0.15, 0.2) is 5.13 Å². The van der Waals surface area contributed by atoms with Crippen LogP contribution in [0.2, 0.25) is 0 Å². The van der Waals surface area contributed by atoms with E-state index in [1.54, 1.807) is 22.7 Å². The van der Waals surface area contributed by atoms with E-state index in [0.717, 1.165) is 23.3 Å². The van der Waals surface area contributed by atoms with E-state index in [4.69, 9.17) is 0 Å². The number of likely N-dealkylation sites (tertiary alicyclic amines) is 1. The van der Waals surface area contributed by atoms with E-state index < -0.39 is 0 Å². The molecule has 0 bridgehead atoms. The van der Waals surface area contributed by atoms with Crippen LogP contribution in [0.5, 0.6) is 0 Å². The van der Waals surface area contributed by atoms with Crippen LogP contribution in [-0.4, -0.2) is 35.0 Å². The van der Waals surface area contributed by atoms with Crippen molar-refractivity contribution in [2.24, 2.45) is 5.92 Å². The quantitative estimate of drug-likeness (QED) is 0.938. The van der Waals surface area contributed by atoms with Gasteiger partial charge in [-0.2, -0.15) is 0 Å². The molecule has 3 rings (SSSR count). The summed E-state index contributed by atoms with van der Waals surface area (Å²) in [4.78, 5) is 12.8. The van der Waals surface area contributed by atoms with Gasteiger partial charge in [0.05, 0.1) is 17.1 Å². The fourth-order valence-corrected chi connectivity index (χ4v) is 4.08. The molecule has 0 saturated carbocycles. The summed E-state index contributed by atoms with van der Waals surface area (Å²) in [7, 11) is 1.90. The van der Waals surface area contributed by atoms with Crippen LogP contribution in [0.1, 0.15) is 24.8 Å². The largest absolute Gasteiger partial charge is 0.365 e. The number of nitrogens with one attached hydrogen (secondary N) is 1. The van der Waals surface area contributed by atoms with Crippen molar-refractivity contribution in [3.05, 3.63) is 16.6 Å². The van der Waals surface area contributed by atoms with Gasteiger partial charge in [-0.25, -0.2) is 9.97 Å². The molecular formula is C14H20N4S2. The molecule has 108 valence electrons. The Morgan fingerprint density at radius 3 is 2.90 bits per heavy atom. The van der Waals surface area contributed by atoms with Gasteiger partial charge in [0, 0.05) is 18.6 Å². The minimum absolute atomic E-state index is 0.882. The molecule has 0 amide bonds. The molecule has 0 unspecified atom stereocenters. The molecule has 0 radical (unpaired) electrons. The first-order valence-electron chi connectivity index (χ1n) is 7.05. The van der Waals surface area contributed by atoms with E-state index in [9.17, 15) is 0 Å². The van der Waals surface area contributed by atoms with Crippen LogP contribution >= 0.6 is 22.7 Å². The van der Waals surface area contributed by atoms with E-state index in [0.29, 0.717) is 0 Å². The minimum Gasteiger partial charge on any atom is -0.365 e. The smallest absolute Gasteiger partial charge is 0.182 e. The average molecular weight is 308 g/mol. The molecule has 0 aliphatic carbocycles. The molecule has 3 heterocycles. The van der Waals surface area contributed by atoms with Gasteiger partial charge in [-0.1, -0.05) is 6.92 Å². The number of anilines is 1.